The molecule has 0 amide bonds. The van der Waals surface area contributed by atoms with Gasteiger partial charge in [-0.1, -0.05) is 6.07 Å². The van der Waals surface area contributed by atoms with Crippen molar-refractivity contribution in [2.45, 2.75) is 0 Å². The lowest BCUT2D eigenvalue weighted by atomic mass is 10.2. The topological polar surface area (TPSA) is 118 Å². The predicted octanol–water partition coefficient (Wildman–Crippen LogP) is 3.17. The Hall–Kier alpha value is -4.21. The Morgan fingerprint density at radius 1 is 1.07 bits per heavy atom. The fourth-order valence-corrected chi connectivity index (χ4v) is 3.25. The van der Waals surface area contributed by atoms with E-state index in [0.29, 0.717) is 16.7 Å². The molecule has 0 radical (unpaired) electrons. The lowest BCUT2D eigenvalue weighted by Gasteiger charge is -2.20. The van der Waals surface area contributed by atoms with Crippen molar-refractivity contribution in [2.75, 3.05) is 17.3 Å². The molecule has 3 aromatic heterocycles. The fraction of sp³-hybridized carbons (Fsp3) is 0.0526. The molecule has 144 valence electrons. The van der Waals surface area contributed by atoms with Crippen LogP contribution in [0.25, 0.3) is 21.9 Å². The third-order valence-corrected chi connectivity index (χ3v) is 4.64. The van der Waals surface area contributed by atoms with E-state index in [1.54, 1.807) is 36.3 Å². The summed E-state index contributed by atoms with van der Waals surface area (Å²) in [4.78, 5) is 26.8. The van der Waals surface area contributed by atoms with Gasteiger partial charge in [0.25, 0.3) is 0 Å². The van der Waals surface area contributed by atoms with E-state index in [2.05, 4.69) is 35.5 Å². The van der Waals surface area contributed by atoms with Crippen LogP contribution in [0, 0.1) is 5.82 Å². The van der Waals surface area contributed by atoms with Crippen molar-refractivity contribution in [3.8, 4) is 0 Å². The third kappa shape index (κ3) is 2.96. The van der Waals surface area contributed by atoms with E-state index in [9.17, 15) is 9.18 Å². The number of benzene rings is 2. The van der Waals surface area contributed by atoms with Crippen LogP contribution in [-0.4, -0.2) is 37.2 Å². The van der Waals surface area contributed by atoms with Crippen LogP contribution < -0.4 is 15.9 Å². The number of anilines is 4. The molecule has 0 saturated carbocycles. The number of hydrogen-bond acceptors (Lipinski definition) is 6. The van der Waals surface area contributed by atoms with Gasteiger partial charge in [0.05, 0.1) is 34.6 Å². The Morgan fingerprint density at radius 2 is 1.93 bits per heavy atom. The summed E-state index contributed by atoms with van der Waals surface area (Å²) in [5, 5.41) is 10.8. The highest BCUT2D eigenvalue weighted by Crippen LogP contribution is 2.31. The molecule has 0 aliphatic heterocycles. The average molecular weight is 390 g/mol. The molecule has 0 fully saturated rings. The van der Waals surface area contributed by atoms with Crippen LogP contribution in [0.1, 0.15) is 0 Å². The summed E-state index contributed by atoms with van der Waals surface area (Å²) < 4.78 is 14.5. The van der Waals surface area contributed by atoms with Gasteiger partial charge in [-0.3, -0.25) is 5.10 Å². The summed E-state index contributed by atoms with van der Waals surface area (Å²) in [5.41, 5.74) is 3.31. The highest BCUT2D eigenvalue weighted by Gasteiger charge is 2.16. The molecule has 4 N–H and O–H groups in total. The Balaban J connectivity index is 1.50. The molecule has 29 heavy (non-hydrogen) atoms. The van der Waals surface area contributed by atoms with Crippen LogP contribution >= 0.6 is 0 Å². The van der Waals surface area contributed by atoms with Gasteiger partial charge < -0.3 is 20.2 Å². The van der Waals surface area contributed by atoms with Crippen molar-refractivity contribution in [1.82, 2.24) is 30.1 Å². The predicted molar refractivity (Wildman–Crippen MR) is 108 cm³/mol. The van der Waals surface area contributed by atoms with Crippen molar-refractivity contribution in [3.05, 3.63) is 65.1 Å². The molecule has 5 rings (SSSR count). The molecule has 5 aromatic rings. The van der Waals surface area contributed by atoms with Gasteiger partial charge in [0.15, 0.2) is 11.6 Å². The molecule has 0 bridgehead atoms. The van der Waals surface area contributed by atoms with Crippen molar-refractivity contribution in [3.63, 3.8) is 0 Å². The van der Waals surface area contributed by atoms with Gasteiger partial charge in [-0.2, -0.15) is 10.1 Å². The zero-order chi connectivity index (χ0) is 20.0. The number of aromatic nitrogens is 6. The summed E-state index contributed by atoms with van der Waals surface area (Å²) in [6, 6.07) is 10.9. The minimum atomic E-state index is -0.552. The first-order valence-corrected chi connectivity index (χ1v) is 8.76. The molecule has 0 atom stereocenters. The molecule has 0 saturated heterocycles. The molecule has 0 unspecified atom stereocenters. The Labute approximate surface area is 162 Å². The quantitative estimate of drug-likeness (QED) is 0.374. The number of H-pyrrole nitrogens is 3. The van der Waals surface area contributed by atoms with Crippen LogP contribution in [0.2, 0.25) is 0 Å². The molecular formula is C19H15FN8O. The number of halogens is 1. The van der Waals surface area contributed by atoms with E-state index in [0.717, 1.165) is 22.8 Å². The van der Waals surface area contributed by atoms with E-state index in [4.69, 9.17) is 0 Å². The fourth-order valence-electron chi connectivity index (χ4n) is 3.25. The number of fused-ring (bicyclic) bond motifs is 2. The van der Waals surface area contributed by atoms with E-state index in [-0.39, 0.29) is 17.5 Å². The van der Waals surface area contributed by atoms with Crippen molar-refractivity contribution < 1.29 is 4.39 Å². The second-order valence-electron chi connectivity index (χ2n) is 6.50. The van der Waals surface area contributed by atoms with Gasteiger partial charge >= 0.3 is 5.69 Å². The smallest absolute Gasteiger partial charge is 0.323 e. The summed E-state index contributed by atoms with van der Waals surface area (Å²) in [5.74, 6) is -0.207. The van der Waals surface area contributed by atoms with Crippen LogP contribution in [0.15, 0.2) is 53.6 Å². The van der Waals surface area contributed by atoms with E-state index >= 15 is 0 Å². The Bertz CT molecular complexity index is 1400. The summed E-state index contributed by atoms with van der Waals surface area (Å²) in [7, 11) is 1.73. The summed E-state index contributed by atoms with van der Waals surface area (Å²) in [6.07, 6.45) is 2.81. The van der Waals surface area contributed by atoms with Gasteiger partial charge in [0.2, 0.25) is 5.95 Å². The molecule has 10 heteroatoms. The number of nitrogens with zero attached hydrogens (tertiary/aromatic N) is 4. The van der Waals surface area contributed by atoms with Crippen molar-refractivity contribution in [2.24, 2.45) is 0 Å². The lowest BCUT2D eigenvalue weighted by Crippen LogP contribution is -2.15. The Kier molecular flexibility index (Phi) is 3.76. The molecule has 0 spiro atoms. The van der Waals surface area contributed by atoms with Gasteiger partial charge in [0, 0.05) is 18.1 Å². The molecule has 0 aliphatic carbocycles. The highest BCUT2D eigenvalue weighted by atomic mass is 19.1. The standard InChI is InChI=1S/C19H15FN8O/c1-28(16-4-2-3-13-11(16)8-22-27-13)17-12(20)9-21-18(26-17)23-10-5-6-14-15(7-10)25-19(29)24-14/h2-9H,1H3,(H,22,27)(H,21,23,26)(H2,24,25,29). The second kappa shape index (κ2) is 6.44. The minimum absolute atomic E-state index is 0.118. The molecule has 9 nitrogen and oxygen atoms in total. The SMILES string of the molecule is CN(c1nc(Nc2ccc3[nH]c(=O)[nH]c3c2)ncc1F)c1cccc2[nH]ncc12. The monoisotopic (exact) mass is 390 g/mol. The minimum Gasteiger partial charge on any atom is -0.326 e. The van der Waals surface area contributed by atoms with Gasteiger partial charge in [-0.05, 0) is 30.3 Å². The number of rotatable bonds is 4. The molecule has 2 aromatic carbocycles. The average Bonchev–Trinajstić information content (AvgIpc) is 3.33. The van der Waals surface area contributed by atoms with Crippen LogP contribution in [0.4, 0.5) is 27.5 Å². The first-order valence-electron chi connectivity index (χ1n) is 8.76. The largest absolute Gasteiger partial charge is 0.326 e. The highest BCUT2D eigenvalue weighted by molar-refractivity contribution is 5.93. The maximum atomic E-state index is 14.5. The van der Waals surface area contributed by atoms with Crippen molar-refractivity contribution in [1.29, 1.82) is 0 Å². The number of hydrogen-bond donors (Lipinski definition) is 4. The molecular weight excluding hydrogens is 375 g/mol. The molecule has 0 aliphatic rings. The van der Waals surface area contributed by atoms with Crippen LogP contribution in [0.5, 0.6) is 0 Å². The maximum absolute atomic E-state index is 14.5. The second-order valence-corrected chi connectivity index (χ2v) is 6.50. The number of aromatic amines is 3. The number of imidazole rings is 1. The van der Waals surface area contributed by atoms with Gasteiger partial charge in [-0.25, -0.2) is 14.2 Å². The normalized spacial score (nSPS) is 11.2. The Morgan fingerprint density at radius 3 is 2.83 bits per heavy atom. The number of nitrogens with one attached hydrogen (secondary N) is 4. The lowest BCUT2D eigenvalue weighted by molar-refractivity contribution is 0.614. The van der Waals surface area contributed by atoms with Crippen LogP contribution in [-0.2, 0) is 0 Å². The van der Waals surface area contributed by atoms with E-state index < -0.39 is 5.82 Å². The zero-order valence-electron chi connectivity index (χ0n) is 15.2. The zero-order valence-corrected chi connectivity index (χ0v) is 15.2. The van der Waals surface area contributed by atoms with Gasteiger partial charge in [-0.15, -0.1) is 0 Å². The van der Waals surface area contributed by atoms with Crippen LogP contribution in [0.3, 0.4) is 0 Å². The van der Waals surface area contributed by atoms with Crippen molar-refractivity contribution >= 4 is 45.1 Å². The molecule has 3 heterocycles. The maximum Gasteiger partial charge on any atom is 0.323 e. The van der Waals surface area contributed by atoms with E-state index in [1.807, 2.05) is 18.2 Å². The third-order valence-electron chi connectivity index (χ3n) is 4.64. The summed E-state index contributed by atoms with van der Waals surface area (Å²) >= 11 is 0. The van der Waals surface area contributed by atoms with E-state index in [1.165, 1.54) is 0 Å². The first-order chi connectivity index (χ1) is 14.1. The van der Waals surface area contributed by atoms with Gasteiger partial charge in [0.1, 0.15) is 0 Å². The first kappa shape index (κ1) is 16.9. The summed E-state index contributed by atoms with van der Waals surface area (Å²) in [6.45, 7) is 0.